The van der Waals surface area contributed by atoms with Gasteiger partial charge in [-0.3, -0.25) is 4.79 Å². The minimum absolute atomic E-state index is 0.0799. The normalized spacial score (nSPS) is 15.9. The molecule has 10 nitrogen and oxygen atoms in total. The van der Waals surface area contributed by atoms with Crippen molar-refractivity contribution in [3.05, 3.63) is 28.7 Å². The molecule has 1 amide bonds. The van der Waals surface area contributed by atoms with Gasteiger partial charge in [-0.25, -0.2) is 19.7 Å². The van der Waals surface area contributed by atoms with Gasteiger partial charge in [0.05, 0.1) is 17.5 Å². The summed E-state index contributed by atoms with van der Waals surface area (Å²) in [5.74, 6) is -0.438. The molecule has 0 atom stereocenters. The van der Waals surface area contributed by atoms with Crippen LogP contribution >= 0.6 is 11.3 Å². The van der Waals surface area contributed by atoms with E-state index in [1.807, 2.05) is 29.2 Å². The minimum Gasteiger partial charge on any atom is -0.477 e. The zero-order valence-electron chi connectivity index (χ0n) is 19.2. The summed E-state index contributed by atoms with van der Waals surface area (Å²) in [4.78, 5) is 41.2. The number of pyridine rings is 1. The van der Waals surface area contributed by atoms with Crippen molar-refractivity contribution in [2.45, 2.75) is 58.2 Å². The van der Waals surface area contributed by atoms with E-state index in [2.05, 4.69) is 20.2 Å². The molecule has 0 aromatic carbocycles. The number of hydrogen-bond acceptors (Lipinski definition) is 7. The molecule has 0 saturated heterocycles. The molecule has 34 heavy (non-hydrogen) atoms. The number of fused-ring (bicyclic) bond motifs is 3. The molecule has 2 aliphatic rings. The van der Waals surface area contributed by atoms with Crippen molar-refractivity contribution >= 4 is 56.2 Å². The Morgan fingerprint density at radius 2 is 1.94 bits per heavy atom. The number of aromatic nitrogens is 5. The van der Waals surface area contributed by atoms with Crippen molar-refractivity contribution < 1.29 is 14.7 Å². The topological polar surface area (TPSA) is 118 Å². The van der Waals surface area contributed by atoms with Gasteiger partial charge in [-0.15, -0.1) is 0 Å². The Bertz CT molecular complexity index is 1460. The highest BCUT2D eigenvalue weighted by Crippen LogP contribution is 2.40. The lowest BCUT2D eigenvalue weighted by Gasteiger charge is -2.22. The van der Waals surface area contributed by atoms with Crippen molar-refractivity contribution in [1.29, 1.82) is 0 Å². The van der Waals surface area contributed by atoms with Crippen molar-refractivity contribution in [3.63, 3.8) is 0 Å². The monoisotopic (exact) mass is 479 g/mol. The summed E-state index contributed by atoms with van der Waals surface area (Å²) >= 11 is 1.06. The molecule has 2 N–H and O–H groups in total. The highest BCUT2D eigenvalue weighted by atomic mass is 32.1. The van der Waals surface area contributed by atoms with E-state index in [0.29, 0.717) is 52.1 Å². The zero-order valence-corrected chi connectivity index (χ0v) is 20.0. The summed E-state index contributed by atoms with van der Waals surface area (Å²) in [5, 5.41) is 13.9. The van der Waals surface area contributed by atoms with Crippen molar-refractivity contribution in [2.75, 3.05) is 5.32 Å². The standard InChI is InChI=1S/C23H25N7O3S/c1-4-29-15(21(31)30(12-5-6-12)13-7-8-13)9-14-17-16(24-10-28(17)3)19(26-20(14)29)27-23-25-11(2)18(34-23)22(32)33/h9-10,12-13H,4-8H2,1-3H3,(H,32,33)(H,25,26,27). The maximum atomic E-state index is 13.7. The summed E-state index contributed by atoms with van der Waals surface area (Å²) in [7, 11) is 1.92. The molecule has 4 heterocycles. The third-order valence-electron chi connectivity index (χ3n) is 6.57. The number of carboxylic acids is 1. The predicted octanol–water partition coefficient (Wildman–Crippen LogP) is 3.92. The summed E-state index contributed by atoms with van der Waals surface area (Å²) in [6.07, 6.45) is 6.05. The number of nitrogens with zero attached hydrogens (tertiary/aromatic N) is 6. The lowest BCUT2D eigenvalue weighted by molar-refractivity contribution is 0.0697. The quantitative estimate of drug-likeness (QED) is 0.412. The zero-order chi connectivity index (χ0) is 23.7. The average molecular weight is 480 g/mol. The molecule has 0 bridgehead atoms. The van der Waals surface area contributed by atoms with Crippen LogP contribution < -0.4 is 5.32 Å². The van der Waals surface area contributed by atoms with Gasteiger partial charge in [-0.2, -0.15) is 0 Å². The lowest BCUT2D eigenvalue weighted by Crippen LogP contribution is -2.36. The Morgan fingerprint density at radius 3 is 2.53 bits per heavy atom. The second-order valence-electron chi connectivity index (χ2n) is 9.06. The number of carbonyl (C=O) groups is 2. The van der Waals surface area contributed by atoms with Crippen molar-refractivity contribution in [2.24, 2.45) is 7.05 Å². The van der Waals surface area contributed by atoms with Crippen LogP contribution in [0.3, 0.4) is 0 Å². The molecular formula is C23H25N7O3S. The number of carbonyl (C=O) groups excluding carboxylic acids is 1. The predicted molar refractivity (Wildman–Crippen MR) is 129 cm³/mol. The van der Waals surface area contributed by atoms with Gasteiger partial charge in [0.25, 0.3) is 5.91 Å². The molecule has 0 aliphatic heterocycles. The van der Waals surface area contributed by atoms with Crippen LogP contribution in [-0.4, -0.2) is 58.1 Å². The number of aryl methyl sites for hydroxylation is 3. The first-order valence-corrected chi connectivity index (χ1v) is 12.3. The number of amides is 1. The van der Waals surface area contributed by atoms with Crippen LogP contribution in [0.25, 0.3) is 22.1 Å². The van der Waals surface area contributed by atoms with Gasteiger partial charge in [0.2, 0.25) is 0 Å². The highest BCUT2D eigenvalue weighted by Gasteiger charge is 2.43. The van der Waals surface area contributed by atoms with E-state index in [4.69, 9.17) is 4.98 Å². The Kier molecular flexibility index (Phi) is 4.67. The Labute approximate surface area is 199 Å². The van der Waals surface area contributed by atoms with Crippen LogP contribution in [0.15, 0.2) is 12.4 Å². The summed E-state index contributed by atoms with van der Waals surface area (Å²) in [6, 6.07) is 2.68. The highest BCUT2D eigenvalue weighted by molar-refractivity contribution is 7.17. The Balaban J connectivity index is 1.50. The van der Waals surface area contributed by atoms with Crippen LogP contribution in [0.5, 0.6) is 0 Å². The molecular weight excluding hydrogens is 454 g/mol. The maximum absolute atomic E-state index is 13.7. The molecule has 0 spiro atoms. The minimum atomic E-state index is -1.01. The molecule has 2 saturated carbocycles. The number of nitrogens with one attached hydrogen (secondary N) is 1. The van der Waals surface area contributed by atoms with Gasteiger partial charge < -0.3 is 24.5 Å². The number of rotatable bonds is 7. The van der Waals surface area contributed by atoms with Crippen LogP contribution in [0.4, 0.5) is 10.9 Å². The number of thiazole rings is 1. The largest absolute Gasteiger partial charge is 0.477 e. The van der Waals surface area contributed by atoms with Gasteiger partial charge in [0, 0.05) is 31.1 Å². The van der Waals surface area contributed by atoms with E-state index < -0.39 is 5.97 Å². The number of imidazole rings is 1. The first-order valence-electron chi connectivity index (χ1n) is 11.5. The summed E-state index contributed by atoms with van der Waals surface area (Å²) < 4.78 is 3.90. The van der Waals surface area contributed by atoms with Gasteiger partial charge >= 0.3 is 5.97 Å². The first kappa shape index (κ1) is 21.1. The molecule has 4 aromatic rings. The molecule has 11 heteroatoms. The number of aromatic carboxylic acids is 1. The van der Waals surface area contributed by atoms with Gasteiger partial charge in [-0.1, -0.05) is 11.3 Å². The van der Waals surface area contributed by atoms with Gasteiger partial charge in [0.1, 0.15) is 21.7 Å². The van der Waals surface area contributed by atoms with Crippen molar-refractivity contribution in [3.8, 4) is 0 Å². The second-order valence-corrected chi connectivity index (χ2v) is 10.1. The second kappa shape index (κ2) is 7.52. The van der Waals surface area contributed by atoms with Crippen LogP contribution in [0.2, 0.25) is 0 Å². The number of anilines is 2. The molecule has 0 unspecified atom stereocenters. The summed E-state index contributed by atoms with van der Waals surface area (Å²) in [6.45, 7) is 4.28. The van der Waals surface area contributed by atoms with Crippen LogP contribution in [0, 0.1) is 6.92 Å². The smallest absolute Gasteiger partial charge is 0.347 e. The van der Waals surface area contributed by atoms with E-state index in [9.17, 15) is 14.7 Å². The first-order chi connectivity index (χ1) is 16.4. The van der Waals surface area contributed by atoms with E-state index in [1.54, 1.807) is 13.3 Å². The van der Waals surface area contributed by atoms with Crippen molar-refractivity contribution in [1.82, 2.24) is 29.0 Å². The lowest BCUT2D eigenvalue weighted by atomic mass is 10.2. The fraction of sp³-hybridized carbons (Fsp3) is 0.435. The SMILES string of the molecule is CCn1c(C(=O)N(C2CC2)C2CC2)cc2c3c(ncn3C)c(Nc3nc(C)c(C(=O)O)s3)nc21. The Hall–Kier alpha value is -3.47. The molecule has 2 aliphatic carbocycles. The average Bonchev–Trinajstić information content (AvgIpc) is 3.71. The van der Waals surface area contributed by atoms with Gasteiger partial charge in [-0.05, 0) is 45.6 Å². The van der Waals surface area contributed by atoms with Crippen LogP contribution in [0.1, 0.15) is 58.5 Å². The van der Waals surface area contributed by atoms with E-state index in [1.165, 1.54) is 0 Å². The Morgan fingerprint density at radius 1 is 1.24 bits per heavy atom. The number of hydrogen-bond donors (Lipinski definition) is 2. The molecule has 6 rings (SSSR count). The molecule has 0 radical (unpaired) electrons. The van der Waals surface area contributed by atoms with E-state index >= 15 is 0 Å². The molecule has 4 aromatic heterocycles. The fourth-order valence-electron chi connectivity index (χ4n) is 4.72. The van der Waals surface area contributed by atoms with E-state index in [0.717, 1.165) is 47.9 Å². The van der Waals surface area contributed by atoms with Crippen LogP contribution in [-0.2, 0) is 13.6 Å². The van der Waals surface area contributed by atoms with E-state index in [-0.39, 0.29) is 10.8 Å². The third-order valence-corrected chi connectivity index (χ3v) is 7.63. The summed E-state index contributed by atoms with van der Waals surface area (Å²) in [5.41, 5.74) is 3.31. The maximum Gasteiger partial charge on any atom is 0.347 e. The molecule has 2 fully saturated rings. The number of carboxylic acid groups (broad SMARTS) is 1. The van der Waals surface area contributed by atoms with Gasteiger partial charge in [0.15, 0.2) is 10.9 Å². The third kappa shape index (κ3) is 3.25. The fourth-order valence-corrected chi connectivity index (χ4v) is 5.52. The molecule has 176 valence electrons.